The maximum Gasteiger partial charge on any atom is 0.245 e. The molecule has 0 aromatic carbocycles. The second-order valence-corrected chi connectivity index (χ2v) is 3.70. The molecule has 6 heteroatoms. The summed E-state index contributed by atoms with van der Waals surface area (Å²) in [6.07, 6.45) is 1.57. The van der Waals surface area contributed by atoms with Gasteiger partial charge >= 0.3 is 0 Å². The van der Waals surface area contributed by atoms with Gasteiger partial charge in [-0.25, -0.2) is 0 Å². The van der Waals surface area contributed by atoms with Crippen LogP contribution in [0.25, 0.3) is 0 Å². The Kier molecular flexibility index (Phi) is 2.80. The normalized spacial score (nSPS) is 20.8. The Morgan fingerprint density at radius 3 is 3.06 bits per heavy atom. The number of rotatable bonds is 2. The van der Waals surface area contributed by atoms with Gasteiger partial charge in [-0.3, -0.25) is 9.59 Å². The van der Waals surface area contributed by atoms with Crippen molar-refractivity contribution in [1.29, 1.82) is 0 Å². The molecule has 6 nitrogen and oxygen atoms in total. The van der Waals surface area contributed by atoms with Gasteiger partial charge in [-0.05, 0) is 19.1 Å². The first-order chi connectivity index (χ1) is 7.66. The summed E-state index contributed by atoms with van der Waals surface area (Å²) in [5.74, 6) is -0.235. The molecule has 1 aromatic heterocycles. The van der Waals surface area contributed by atoms with Gasteiger partial charge in [0.2, 0.25) is 11.8 Å². The fourth-order valence-electron chi connectivity index (χ4n) is 1.62. The van der Waals surface area contributed by atoms with E-state index in [9.17, 15) is 9.59 Å². The van der Waals surface area contributed by atoms with E-state index in [0.717, 1.165) is 0 Å². The summed E-state index contributed by atoms with van der Waals surface area (Å²) in [6, 6.07) is 3.07. The molecule has 16 heavy (non-hydrogen) atoms. The van der Waals surface area contributed by atoms with E-state index in [0.29, 0.717) is 12.2 Å². The van der Waals surface area contributed by atoms with E-state index in [-0.39, 0.29) is 18.4 Å². The van der Waals surface area contributed by atoms with Gasteiger partial charge < -0.3 is 10.2 Å². The first kappa shape index (κ1) is 10.5. The fourth-order valence-corrected chi connectivity index (χ4v) is 1.62. The molecule has 2 heterocycles. The third-order valence-electron chi connectivity index (χ3n) is 2.37. The van der Waals surface area contributed by atoms with Crippen molar-refractivity contribution < 1.29 is 9.59 Å². The first-order valence-electron chi connectivity index (χ1n) is 5.01. The largest absolute Gasteiger partial charge is 0.343 e. The number of carbonyl (C=O) groups is 2. The second-order valence-electron chi connectivity index (χ2n) is 3.70. The molecule has 2 rings (SSSR count). The molecule has 0 saturated carbocycles. The van der Waals surface area contributed by atoms with Crippen LogP contribution in [0.2, 0.25) is 0 Å². The number of amides is 2. The fraction of sp³-hybridized carbons (Fsp3) is 0.400. The van der Waals surface area contributed by atoms with Crippen molar-refractivity contribution in [2.75, 3.05) is 6.54 Å². The highest BCUT2D eigenvalue weighted by molar-refractivity contribution is 5.94. The standard InChI is InChI=1S/C10H12N4O2/c1-7-10(16)14(6-9(15)12-7)5-8-3-2-4-11-13-8/h2-4,7H,5-6H2,1H3,(H,12,15). The Hall–Kier alpha value is -1.98. The van der Waals surface area contributed by atoms with E-state index in [4.69, 9.17) is 0 Å². The first-order valence-corrected chi connectivity index (χ1v) is 5.01. The van der Waals surface area contributed by atoms with Crippen LogP contribution in [0.1, 0.15) is 12.6 Å². The lowest BCUT2D eigenvalue weighted by molar-refractivity contribution is -0.144. The maximum atomic E-state index is 11.7. The highest BCUT2D eigenvalue weighted by Gasteiger charge is 2.29. The van der Waals surface area contributed by atoms with Gasteiger partial charge in [0, 0.05) is 6.20 Å². The minimum atomic E-state index is -0.460. The topological polar surface area (TPSA) is 75.2 Å². The van der Waals surface area contributed by atoms with Crippen LogP contribution in [-0.2, 0) is 16.1 Å². The average Bonchev–Trinajstić information content (AvgIpc) is 2.27. The molecule has 0 bridgehead atoms. The molecule has 1 aliphatic heterocycles. The van der Waals surface area contributed by atoms with Crippen LogP contribution in [-0.4, -0.2) is 39.5 Å². The molecule has 1 fully saturated rings. The molecule has 1 aliphatic rings. The van der Waals surface area contributed by atoms with Crippen molar-refractivity contribution in [3.05, 3.63) is 24.0 Å². The van der Waals surface area contributed by atoms with Crippen LogP contribution in [0.4, 0.5) is 0 Å². The maximum absolute atomic E-state index is 11.7. The van der Waals surface area contributed by atoms with Crippen LogP contribution in [0.5, 0.6) is 0 Å². The third kappa shape index (κ3) is 2.16. The van der Waals surface area contributed by atoms with Gasteiger partial charge in [-0.2, -0.15) is 10.2 Å². The van der Waals surface area contributed by atoms with E-state index >= 15 is 0 Å². The Morgan fingerprint density at radius 2 is 2.38 bits per heavy atom. The van der Waals surface area contributed by atoms with Crippen LogP contribution in [0.15, 0.2) is 18.3 Å². The lowest BCUT2D eigenvalue weighted by Gasteiger charge is -2.30. The number of hydrogen-bond donors (Lipinski definition) is 1. The quantitative estimate of drug-likeness (QED) is 0.716. The molecule has 84 valence electrons. The lowest BCUT2D eigenvalue weighted by atomic mass is 10.2. The number of nitrogens with one attached hydrogen (secondary N) is 1. The zero-order valence-corrected chi connectivity index (χ0v) is 8.88. The zero-order chi connectivity index (χ0) is 11.5. The smallest absolute Gasteiger partial charge is 0.245 e. The summed E-state index contributed by atoms with van der Waals surface area (Å²) in [7, 11) is 0. The molecular formula is C10H12N4O2. The number of piperazine rings is 1. The van der Waals surface area contributed by atoms with Crippen molar-refractivity contribution >= 4 is 11.8 Å². The van der Waals surface area contributed by atoms with Gasteiger partial charge in [-0.1, -0.05) is 0 Å². The number of nitrogens with zero attached hydrogens (tertiary/aromatic N) is 3. The molecule has 2 amide bonds. The minimum absolute atomic E-state index is 0.0831. The number of aromatic nitrogens is 2. The van der Waals surface area contributed by atoms with Gasteiger partial charge in [0.05, 0.1) is 12.2 Å². The summed E-state index contributed by atoms with van der Waals surface area (Å²) in [4.78, 5) is 24.5. The highest BCUT2D eigenvalue weighted by atomic mass is 16.2. The van der Waals surface area contributed by atoms with E-state index in [1.807, 2.05) is 0 Å². The summed E-state index contributed by atoms with van der Waals surface area (Å²) in [6.45, 7) is 2.08. The van der Waals surface area contributed by atoms with E-state index in [1.54, 1.807) is 25.3 Å². The van der Waals surface area contributed by atoms with Crippen LogP contribution < -0.4 is 5.32 Å². The molecule has 1 saturated heterocycles. The van der Waals surface area contributed by atoms with Crippen LogP contribution >= 0.6 is 0 Å². The summed E-state index contributed by atoms with van der Waals surface area (Å²) < 4.78 is 0. The Labute approximate surface area is 92.7 Å². The Balaban J connectivity index is 2.09. The zero-order valence-electron chi connectivity index (χ0n) is 8.88. The summed E-state index contributed by atoms with van der Waals surface area (Å²) >= 11 is 0. The Morgan fingerprint density at radius 1 is 1.56 bits per heavy atom. The van der Waals surface area contributed by atoms with Crippen LogP contribution in [0.3, 0.4) is 0 Å². The summed E-state index contributed by atoms with van der Waals surface area (Å²) in [5.41, 5.74) is 0.678. The predicted molar refractivity (Wildman–Crippen MR) is 55.1 cm³/mol. The van der Waals surface area contributed by atoms with E-state index in [1.165, 1.54) is 4.90 Å². The Bertz CT molecular complexity index is 407. The average molecular weight is 220 g/mol. The molecule has 1 atom stereocenters. The SMILES string of the molecule is CC1NC(=O)CN(Cc2cccnn2)C1=O. The number of hydrogen-bond acceptors (Lipinski definition) is 4. The third-order valence-corrected chi connectivity index (χ3v) is 2.37. The minimum Gasteiger partial charge on any atom is -0.343 e. The lowest BCUT2D eigenvalue weighted by Crippen LogP contribution is -2.56. The highest BCUT2D eigenvalue weighted by Crippen LogP contribution is 2.06. The van der Waals surface area contributed by atoms with Gasteiger partial charge in [-0.15, -0.1) is 0 Å². The van der Waals surface area contributed by atoms with Crippen molar-refractivity contribution in [2.45, 2.75) is 19.5 Å². The molecule has 0 radical (unpaired) electrons. The van der Waals surface area contributed by atoms with Crippen molar-refractivity contribution in [2.24, 2.45) is 0 Å². The van der Waals surface area contributed by atoms with Gasteiger partial charge in [0.1, 0.15) is 12.6 Å². The van der Waals surface area contributed by atoms with Crippen molar-refractivity contribution in [3.8, 4) is 0 Å². The number of carbonyl (C=O) groups excluding carboxylic acids is 2. The molecule has 1 unspecified atom stereocenters. The monoisotopic (exact) mass is 220 g/mol. The predicted octanol–water partition coefficient (Wildman–Crippen LogP) is -0.677. The van der Waals surface area contributed by atoms with E-state index in [2.05, 4.69) is 15.5 Å². The second kappa shape index (κ2) is 4.26. The van der Waals surface area contributed by atoms with Gasteiger partial charge in [0.15, 0.2) is 0 Å². The van der Waals surface area contributed by atoms with Crippen LogP contribution in [0, 0.1) is 0 Å². The molecule has 1 aromatic rings. The van der Waals surface area contributed by atoms with Crippen molar-refractivity contribution in [3.63, 3.8) is 0 Å². The molecule has 0 aliphatic carbocycles. The molecular weight excluding hydrogens is 208 g/mol. The van der Waals surface area contributed by atoms with Gasteiger partial charge in [0.25, 0.3) is 0 Å². The van der Waals surface area contributed by atoms with E-state index < -0.39 is 6.04 Å². The molecule has 1 N–H and O–H groups in total. The van der Waals surface area contributed by atoms with Crippen molar-refractivity contribution in [1.82, 2.24) is 20.4 Å². The molecule has 0 spiro atoms. The summed E-state index contributed by atoms with van der Waals surface area (Å²) in [5, 5.41) is 10.2.